The second-order valence-electron chi connectivity index (χ2n) is 4.64. The molecule has 0 aliphatic heterocycles. The van der Waals surface area contributed by atoms with Crippen LogP contribution >= 0.6 is 27.5 Å². The maximum Gasteiger partial charge on any atom is 0.409 e. The van der Waals surface area contributed by atoms with Crippen molar-refractivity contribution in [3.8, 4) is 0 Å². The van der Waals surface area contributed by atoms with Gasteiger partial charge in [-0.05, 0) is 30.3 Å². The number of carbonyl (C=O) groups is 3. The van der Waals surface area contributed by atoms with E-state index in [1.807, 2.05) is 0 Å². The number of carbonyl (C=O) groups excluding carboxylic acids is 2. The number of nitrogens with one attached hydrogen (secondary N) is 2. The molecule has 0 aliphatic carbocycles. The topological polar surface area (TPSA) is 108 Å². The highest BCUT2D eigenvalue weighted by atomic mass is 79.9. The van der Waals surface area contributed by atoms with Crippen LogP contribution in [-0.4, -0.2) is 27.9 Å². The zero-order chi connectivity index (χ0) is 17.7. The van der Waals surface area contributed by atoms with Gasteiger partial charge in [0.2, 0.25) is 5.91 Å². The fraction of sp³-hybridized carbons (Fsp3) is 0.0667. The molecular formula is C15H11BrClN3O4. The standard InChI is InChI=1S/C15H11BrClN3O4/c16-9-1-2-10(20-15(23)24)11(6-9)19-14(22)7-12(21)8-3-4-18-13(17)5-8/h1-6,20H,7H2,(H,19,22)(H,23,24). The molecular weight excluding hydrogens is 402 g/mol. The molecule has 3 N–H and O–H groups in total. The zero-order valence-electron chi connectivity index (χ0n) is 12.0. The van der Waals surface area contributed by atoms with E-state index < -0.39 is 24.2 Å². The molecule has 0 bridgehead atoms. The molecule has 0 radical (unpaired) electrons. The van der Waals surface area contributed by atoms with Gasteiger partial charge in [-0.25, -0.2) is 9.78 Å². The van der Waals surface area contributed by atoms with E-state index in [-0.39, 0.29) is 22.1 Å². The first-order chi connectivity index (χ1) is 11.3. The summed E-state index contributed by atoms with van der Waals surface area (Å²) in [5.41, 5.74) is 0.694. The van der Waals surface area contributed by atoms with Crippen LogP contribution in [0, 0.1) is 0 Å². The Morgan fingerprint density at radius 3 is 2.54 bits per heavy atom. The van der Waals surface area contributed by atoms with Gasteiger partial charge in [0, 0.05) is 16.2 Å². The molecule has 0 atom stereocenters. The molecule has 7 nitrogen and oxygen atoms in total. The van der Waals surface area contributed by atoms with Crippen LogP contribution in [0.15, 0.2) is 41.0 Å². The lowest BCUT2D eigenvalue weighted by molar-refractivity contribution is -0.115. The minimum Gasteiger partial charge on any atom is -0.465 e. The predicted molar refractivity (Wildman–Crippen MR) is 92.6 cm³/mol. The molecule has 9 heteroatoms. The van der Waals surface area contributed by atoms with E-state index >= 15 is 0 Å². The molecule has 0 saturated heterocycles. The number of hydrogen-bond donors (Lipinski definition) is 3. The Balaban J connectivity index is 2.10. The maximum absolute atomic E-state index is 12.1. The lowest BCUT2D eigenvalue weighted by Crippen LogP contribution is -2.18. The molecule has 2 amide bonds. The Morgan fingerprint density at radius 1 is 1.12 bits per heavy atom. The number of rotatable bonds is 5. The molecule has 0 fully saturated rings. The summed E-state index contributed by atoms with van der Waals surface area (Å²) >= 11 is 8.94. The molecule has 0 saturated carbocycles. The van der Waals surface area contributed by atoms with Gasteiger partial charge in [0.15, 0.2) is 5.78 Å². The van der Waals surface area contributed by atoms with Crippen LogP contribution in [0.2, 0.25) is 5.15 Å². The molecule has 2 rings (SSSR count). The van der Waals surface area contributed by atoms with Crippen molar-refractivity contribution in [3.05, 3.63) is 51.7 Å². The number of halogens is 2. The Hall–Kier alpha value is -2.45. The van der Waals surface area contributed by atoms with Crippen molar-refractivity contribution in [2.75, 3.05) is 10.6 Å². The fourth-order valence-corrected chi connectivity index (χ4v) is 2.40. The summed E-state index contributed by atoms with van der Waals surface area (Å²) in [7, 11) is 0. The number of benzene rings is 1. The largest absolute Gasteiger partial charge is 0.465 e. The van der Waals surface area contributed by atoms with E-state index in [2.05, 4.69) is 31.5 Å². The molecule has 1 aromatic carbocycles. The van der Waals surface area contributed by atoms with Crippen LogP contribution in [0.5, 0.6) is 0 Å². The number of amides is 2. The number of nitrogens with zero attached hydrogens (tertiary/aromatic N) is 1. The van der Waals surface area contributed by atoms with Crippen LogP contribution < -0.4 is 10.6 Å². The number of Topliss-reactive ketones (excluding diaryl/α,β-unsaturated/α-hetero) is 1. The SMILES string of the molecule is O=C(O)Nc1ccc(Br)cc1NC(=O)CC(=O)c1ccnc(Cl)c1. The summed E-state index contributed by atoms with van der Waals surface area (Å²) in [6.45, 7) is 0. The van der Waals surface area contributed by atoms with Crippen molar-refractivity contribution in [1.29, 1.82) is 0 Å². The van der Waals surface area contributed by atoms with Crippen LogP contribution in [-0.2, 0) is 4.79 Å². The van der Waals surface area contributed by atoms with E-state index in [9.17, 15) is 14.4 Å². The van der Waals surface area contributed by atoms with Gasteiger partial charge in [-0.15, -0.1) is 0 Å². The second-order valence-corrected chi connectivity index (χ2v) is 5.94. The van der Waals surface area contributed by atoms with Gasteiger partial charge in [0.05, 0.1) is 17.8 Å². The highest BCUT2D eigenvalue weighted by Crippen LogP contribution is 2.26. The normalized spacial score (nSPS) is 10.1. The smallest absolute Gasteiger partial charge is 0.409 e. The third-order valence-electron chi connectivity index (χ3n) is 2.87. The van der Waals surface area contributed by atoms with Crippen molar-refractivity contribution in [1.82, 2.24) is 4.98 Å². The summed E-state index contributed by atoms with van der Waals surface area (Å²) in [5, 5.41) is 13.6. The van der Waals surface area contributed by atoms with E-state index in [4.69, 9.17) is 16.7 Å². The molecule has 1 heterocycles. The monoisotopic (exact) mass is 411 g/mol. The fourth-order valence-electron chi connectivity index (χ4n) is 1.86. The lowest BCUT2D eigenvalue weighted by Gasteiger charge is -2.11. The molecule has 2 aromatic rings. The Kier molecular flexibility index (Phi) is 5.88. The molecule has 1 aromatic heterocycles. The lowest BCUT2D eigenvalue weighted by atomic mass is 10.1. The second kappa shape index (κ2) is 7.89. The highest BCUT2D eigenvalue weighted by Gasteiger charge is 2.15. The van der Waals surface area contributed by atoms with Crippen molar-refractivity contribution in [2.24, 2.45) is 0 Å². The van der Waals surface area contributed by atoms with E-state index in [1.165, 1.54) is 30.5 Å². The molecule has 0 aliphatic rings. The van der Waals surface area contributed by atoms with Gasteiger partial charge in [-0.1, -0.05) is 27.5 Å². The quantitative estimate of drug-likeness (QED) is 0.393. The number of aromatic nitrogens is 1. The van der Waals surface area contributed by atoms with Crippen molar-refractivity contribution in [2.45, 2.75) is 6.42 Å². The maximum atomic E-state index is 12.1. The molecule has 24 heavy (non-hydrogen) atoms. The van der Waals surface area contributed by atoms with Crippen molar-refractivity contribution >= 4 is 56.7 Å². The Morgan fingerprint density at radius 2 is 1.88 bits per heavy atom. The summed E-state index contributed by atoms with van der Waals surface area (Å²) in [6, 6.07) is 7.45. The Bertz CT molecular complexity index is 813. The third-order valence-corrected chi connectivity index (χ3v) is 3.57. The van der Waals surface area contributed by atoms with E-state index in [0.29, 0.717) is 4.47 Å². The average molecular weight is 413 g/mol. The first-order valence-electron chi connectivity index (χ1n) is 6.59. The number of hydrogen-bond acceptors (Lipinski definition) is 4. The number of ketones is 1. The highest BCUT2D eigenvalue weighted by molar-refractivity contribution is 9.10. The average Bonchev–Trinajstić information content (AvgIpc) is 2.49. The minimum absolute atomic E-state index is 0.154. The van der Waals surface area contributed by atoms with Crippen LogP contribution in [0.3, 0.4) is 0 Å². The molecule has 0 spiro atoms. The number of anilines is 2. The summed E-state index contributed by atoms with van der Waals surface area (Å²) < 4.78 is 0.640. The van der Waals surface area contributed by atoms with Gasteiger partial charge < -0.3 is 10.4 Å². The molecule has 124 valence electrons. The minimum atomic E-state index is -1.27. The van der Waals surface area contributed by atoms with E-state index in [1.54, 1.807) is 6.07 Å². The first-order valence-corrected chi connectivity index (χ1v) is 7.76. The first kappa shape index (κ1) is 17.9. The number of carboxylic acid groups (broad SMARTS) is 1. The third kappa shape index (κ3) is 5.04. The summed E-state index contributed by atoms with van der Waals surface area (Å²) in [6.07, 6.45) is -0.314. The van der Waals surface area contributed by atoms with Gasteiger partial charge >= 0.3 is 6.09 Å². The van der Waals surface area contributed by atoms with Crippen molar-refractivity contribution in [3.63, 3.8) is 0 Å². The molecule has 0 unspecified atom stereocenters. The van der Waals surface area contributed by atoms with Crippen molar-refractivity contribution < 1.29 is 19.5 Å². The number of pyridine rings is 1. The Labute approximate surface area is 150 Å². The van der Waals surface area contributed by atoms with E-state index in [0.717, 1.165) is 0 Å². The van der Waals surface area contributed by atoms with Gasteiger partial charge in [0.1, 0.15) is 5.15 Å². The van der Waals surface area contributed by atoms with Gasteiger partial charge in [-0.2, -0.15) is 0 Å². The predicted octanol–water partition coefficient (Wildman–Crippen LogP) is 3.80. The van der Waals surface area contributed by atoms with Crippen LogP contribution in [0.1, 0.15) is 16.8 Å². The van der Waals surface area contributed by atoms with Crippen LogP contribution in [0.25, 0.3) is 0 Å². The zero-order valence-corrected chi connectivity index (χ0v) is 14.4. The van der Waals surface area contributed by atoms with Gasteiger partial charge in [-0.3, -0.25) is 14.9 Å². The summed E-state index contributed by atoms with van der Waals surface area (Å²) in [5.74, 6) is -1.01. The van der Waals surface area contributed by atoms with Gasteiger partial charge in [0.25, 0.3) is 0 Å². The van der Waals surface area contributed by atoms with Crippen LogP contribution in [0.4, 0.5) is 16.2 Å². The summed E-state index contributed by atoms with van der Waals surface area (Å²) in [4.78, 5) is 38.7.